The van der Waals surface area contributed by atoms with Crippen LogP contribution in [0.15, 0.2) is 0 Å². The summed E-state index contributed by atoms with van der Waals surface area (Å²) in [4.78, 5) is 3.42. The SMILES string of the molecule is CCCc1nn(C)c2c1[nH]c(=S)n2C1CCCC(C)CC1. The van der Waals surface area contributed by atoms with Crippen molar-refractivity contribution in [2.75, 3.05) is 0 Å². The third-order valence-electron chi connectivity index (χ3n) is 4.85. The second-order valence-corrected chi connectivity index (χ2v) is 6.97. The van der Waals surface area contributed by atoms with E-state index in [2.05, 4.69) is 23.4 Å². The monoisotopic (exact) mass is 306 g/mol. The van der Waals surface area contributed by atoms with E-state index in [9.17, 15) is 0 Å². The Balaban J connectivity index is 2.05. The zero-order chi connectivity index (χ0) is 15.0. The van der Waals surface area contributed by atoms with Gasteiger partial charge in [0.15, 0.2) is 10.4 Å². The van der Waals surface area contributed by atoms with Crippen LogP contribution in [-0.4, -0.2) is 19.3 Å². The summed E-state index contributed by atoms with van der Waals surface area (Å²) in [6.45, 7) is 4.57. The average Bonchev–Trinajstić information content (AvgIpc) is 2.82. The number of hydrogen-bond acceptors (Lipinski definition) is 2. The van der Waals surface area contributed by atoms with E-state index in [1.165, 1.54) is 37.8 Å². The molecular weight excluding hydrogens is 280 g/mol. The van der Waals surface area contributed by atoms with Crippen LogP contribution in [0.4, 0.5) is 0 Å². The van der Waals surface area contributed by atoms with Gasteiger partial charge >= 0.3 is 0 Å². The van der Waals surface area contributed by atoms with E-state index in [0.717, 1.165) is 34.7 Å². The number of aryl methyl sites for hydroxylation is 2. The largest absolute Gasteiger partial charge is 0.328 e. The normalized spacial score (nSPS) is 23.6. The Labute approximate surface area is 131 Å². The van der Waals surface area contributed by atoms with Gasteiger partial charge in [0.05, 0.1) is 5.69 Å². The smallest absolute Gasteiger partial charge is 0.179 e. The van der Waals surface area contributed by atoms with Crippen molar-refractivity contribution in [3.05, 3.63) is 10.5 Å². The highest BCUT2D eigenvalue weighted by molar-refractivity contribution is 7.71. The first-order valence-corrected chi connectivity index (χ1v) is 8.68. The molecular formula is C16H26N4S. The van der Waals surface area contributed by atoms with E-state index >= 15 is 0 Å². The molecule has 4 nitrogen and oxygen atoms in total. The maximum absolute atomic E-state index is 5.63. The van der Waals surface area contributed by atoms with Crippen molar-refractivity contribution in [3.8, 4) is 0 Å². The summed E-state index contributed by atoms with van der Waals surface area (Å²) in [6, 6.07) is 0.529. The number of aromatic amines is 1. The summed E-state index contributed by atoms with van der Waals surface area (Å²) in [6.07, 6.45) is 8.55. The molecule has 2 aromatic heterocycles. The standard InChI is InChI=1S/C16H26N4S/c1-4-6-13-14-15(19(3)18-13)20(16(21)17-14)12-8-5-7-11(2)9-10-12/h11-12H,4-10H2,1-3H3,(H,17,21). The topological polar surface area (TPSA) is 38.5 Å². The molecule has 2 unspecified atom stereocenters. The highest BCUT2D eigenvalue weighted by Crippen LogP contribution is 2.33. The maximum atomic E-state index is 5.63. The Morgan fingerprint density at radius 3 is 2.86 bits per heavy atom. The van der Waals surface area contributed by atoms with Gasteiger partial charge in [-0.2, -0.15) is 5.10 Å². The molecule has 3 rings (SSSR count). The lowest BCUT2D eigenvalue weighted by Gasteiger charge is -2.17. The molecule has 1 N–H and O–H groups in total. The van der Waals surface area contributed by atoms with E-state index < -0.39 is 0 Å². The Bertz CT molecular complexity index is 678. The summed E-state index contributed by atoms with van der Waals surface area (Å²) in [7, 11) is 2.04. The molecule has 2 heterocycles. The van der Waals surface area contributed by atoms with E-state index in [4.69, 9.17) is 17.3 Å². The van der Waals surface area contributed by atoms with Crippen molar-refractivity contribution in [2.45, 2.75) is 64.8 Å². The number of rotatable bonds is 3. The van der Waals surface area contributed by atoms with Crippen LogP contribution in [0.5, 0.6) is 0 Å². The lowest BCUT2D eigenvalue weighted by Crippen LogP contribution is -2.11. The first-order valence-electron chi connectivity index (χ1n) is 8.27. The molecule has 5 heteroatoms. The predicted molar refractivity (Wildman–Crippen MR) is 89.2 cm³/mol. The van der Waals surface area contributed by atoms with Crippen LogP contribution in [0.3, 0.4) is 0 Å². The van der Waals surface area contributed by atoms with Crippen molar-refractivity contribution in [1.82, 2.24) is 19.3 Å². The molecule has 0 aliphatic heterocycles. The van der Waals surface area contributed by atoms with Crippen LogP contribution in [0.25, 0.3) is 11.2 Å². The van der Waals surface area contributed by atoms with Crippen molar-refractivity contribution in [1.29, 1.82) is 0 Å². The zero-order valence-corrected chi connectivity index (χ0v) is 14.2. The zero-order valence-electron chi connectivity index (χ0n) is 13.4. The first kappa shape index (κ1) is 14.8. The van der Waals surface area contributed by atoms with Gasteiger partial charge in [-0.1, -0.05) is 33.1 Å². The van der Waals surface area contributed by atoms with E-state index in [-0.39, 0.29) is 0 Å². The molecule has 2 aromatic rings. The molecule has 0 spiro atoms. The predicted octanol–water partition coefficient (Wildman–Crippen LogP) is 4.53. The molecule has 0 bridgehead atoms. The van der Waals surface area contributed by atoms with Crippen LogP contribution in [0.1, 0.15) is 64.1 Å². The maximum Gasteiger partial charge on any atom is 0.179 e. The van der Waals surface area contributed by atoms with Crippen LogP contribution in [0.2, 0.25) is 0 Å². The van der Waals surface area contributed by atoms with E-state index in [1.54, 1.807) is 0 Å². The van der Waals surface area contributed by atoms with Gasteiger partial charge in [-0.3, -0.25) is 9.25 Å². The number of H-pyrrole nitrogens is 1. The first-order chi connectivity index (χ1) is 10.1. The van der Waals surface area contributed by atoms with Gasteiger partial charge in [-0.15, -0.1) is 0 Å². The van der Waals surface area contributed by atoms with Crippen LogP contribution >= 0.6 is 12.2 Å². The molecule has 0 radical (unpaired) electrons. The summed E-state index contributed by atoms with van der Waals surface area (Å²) < 4.78 is 5.23. The summed E-state index contributed by atoms with van der Waals surface area (Å²) in [5, 5.41) is 4.69. The number of imidazole rings is 1. The minimum absolute atomic E-state index is 0.529. The van der Waals surface area contributed by atoms with Crippen molar-refractivity contribution in [2.24, 2.45) is 13.0 Å². The fraction of sp³-hybridized carbons (Fsp3) is 0.750. The number of nitrogens with one attached hydrogen (secondary N) is 1. The van der Waals surface area contributed by atoms with Gasteiger partial charge in [-0.25, -0.2) is 0 Å². The summed E-state index contributed by atoms with van der Waals surface area (Å²) in [5.41, 5.74) is 3.49. The Morgan fingerprint density at radius 1 is 1.29 bits per heavy atom. The molecule has 0 aromatic carbocycles. The second kappa shape index (κ2) is 5.95. The molecule has 0 saturated heterocycles. The average molecular weight is 306 g/mol. The van der Waals surface area contributed by atoms with Crippen molar-refractivity contribution >= 4 is 23.4 Å². The number of fused-ring (bicyclic) bond motifs is 1. The Hall–Kier alpha value is -1.10. The lowest BCUT2D eigenvalue weighted by molar-refractivity contribution is 0.432. The molecule has 116 valence electrons. The fourth-order valence-electron chi connectivity index (χ4n) is 3.71. The molecule has 1 saturated carbocycles. The van der Waals surface area contributed by atoms with Crippen LogP contribution in [0, 0.1) is 10.7 Å². The third kappa shape index (κ3) is 2.68. The molecule has 1 aliphatic rings. The van der Waals surface area contributed by atoms with Crippen LogP contribution in [-0.2, 0) is 13.5 Å². The molecule has 0 amide bonds. The number of nitrogens with zero attached hydrogens (tertiary/aromatic N) is 3. The van der Waals surface area contributed by atoms with Gasteiger partial charge in [0.1, 0.15) is 5.52 Å². The second-order valence-electron chi connectivity index (χ2n) is 6.59. The highest BCUT2D eigenvalue weighted by atomic mass is 32.1. The van der Waals surface area contributed by atoms with Gasteiger partial charge in [0, 0.05) is 13.1 Å². The van der Waals surface area contributed by atoms with Gasteiger partial charge in [0.25, 0.3) is 0 Å². The molecule has 21 heavy (non-hydrogen) atoms. The van der Waals surface area contributed by atoms with Gasteiger partial charge < -0.3 is 4.98 Å². The molecule has 1 aliphatic carbocycles. The Morgan fingerprint density at radius 2 is 2.10 bits per heavy atom. The quantitative estimate of drug-likeness (QED) is 0.668. The fourth-order valence-corrected chi connectivity index (χ4v) is 4.05. The lowest BCUT2D eigenvalue weighted by atomic mass is 10.0. The van der Waals surface area contributed by atoms with Crippen molar-refractivity contribution < 1.29 is 0 Å². The highest BCUT2D eigenvalue weighted by Gasteiger charge is 2.23. The van der Waals surface area contributed by atoms with Crippen molar-refractivity contribution in [3.63, 3.8) is 0 Å². The van der Waals surface area contributed by atoms with Gasteiger partial charge in [0.2, 0.25) is 0 Å². The van der Waals surface area contributed by atoms with Gasteiger partial charge in [-0.05, 0) is 43.8 Å². The number of hydrogen-bond donors (Lipinski definition) is 1. The Kier molecular flexibility index (Phi) is 4.20. The van der Waals surface area contributed by atoms with E-state index in [1.807, 2.05) is 11.7 Å². The summed E-state index contributed by atoms with van der Waals surface area (Å²) >= 11 is 5.63. The third-order valence-corrected chi connectivity index (χ3v) is 5.15. The van der Waals surface area contributed by atoms with Crippen LogP contribution < -0.4 is 0 Å². The molecule has 2 atom stereocenters. The molecule has 1 fully saturated rings. The summed E-state index contributed by atoms with van der Waals surface area (Å²) in [5.74, 6) is 0.848. The van der Waals surface area contributed by atoms with E-state index in [0.29, 0.717) is 6.04 Å². The minimum Gasteiger partial charge on any atom is -0.328 e. The number of aromatic nitrogens is 4. The minimum atomic E-state index is 0.529.